The largest absolute Gasteiger partial charge is 0.303 e. The second kappa shape index (κ2) is 4.66. The summed E-state index contributed by atoms with van der Waals surface area (Å²) in [6.45, 7) is 4.73. The van der Waals surface area contributed by atoms with E-state index in [4.69, 9.17) is 0 Å². The van der Waals surface area contributed by atoms with E-state index in [1.807, 2.05) is 6.08 Å². The molecule has 22 heavy (non-hydrogen) atoms. The number of carbonyl (C=O) groups is 2. The molecule has 4 aliphatic rings. The summed E-state index contributed by atoms with van der Waals surface area (Å²) < 4.78 is 0. The molecule has 0 aromatic rings. The highest BCUT2D eigenvalue weighted by atomic mass is 16.1. The SMILES string of the molecule is C[C@]12CC[C@H]3[C@@H](C=CC4=CC(=O)CC[C@@]43C)[C@@H]1CC[C@@H]2C=O. The summed E-state index contributed by atoms with van der Waals surface area (Å²) >= 11 is 0. The molecule has 2 saturated carbocycles. The maximum Gasteiger partial charge on any atom is 0.156 e. The van der Waals surface area contributed by atoms with E-state index < -0.39 is 0 Å². The molecule has 4 rings (SSSR count). The number of fused-ring (bicyclic) bond motifs is 5. The Morgan fingerprint density at radius 2 is 1.95 bits per heavy atom. The van der Waals surface area contributed by atoms with Crippen molar-refractivity contribution in [2.45, 2.75) is 52.4 Å². The monoisotopic (exact) mass is 298 g/mol. The lowest BCUT2D eigenvalue weighted by molar-refractivity contribution is -0.118. The van der Waals surface area contributed by atoms with Crippen LogP contribution < -0.4 is 0 Å². The van der Waals surface area contributed by atoms with Crippen molar-refractivity contribution in [1.29, 1.82) is 0 Å². The average molecular weight is 298 g/mol. The minimum Gasteiger partial charge on any atom is -0.303 e. The molecule has 0 spiro atoms. The molecule has 2 heteroatoms. The summed E-state index contributed by atoms with van der Waals surface area (Å²) in [4.78, 5) is 23.3. The van der Waals surface area contributed by atoms with Crippen molar-refractivity contribution < 1.29 is 9.59 Å². The highest BCUT2D eigenvalue weighted by molar-refractivity contribution is 5.92. The second-order valence-electron chi connectivity index (χ2n) is 8.50. The van der Waals surface area contributed by atoms with E-state index in [0.717, 1.165) is 12.8 Å². The molecule has 2 nitrogen and oxygen atoms in total. The lowest BCUT2D eigenvalue weighted by atomic mass is 9.49. The van der Waals surface area contributed by atoms with Gasteiger partial charge in [0.05, 0.1) is 0 Å². The Labute approximate surface area is 133 Å². The molecule has 0 saturated heterocycles. The number of ketones is 1. The smallest absolute Gasteiger partial charge is 0.156 e. The van der Waals surface area contributed by atoms with Gasteiger partial charge >= 0.3 is 0 Å². The third-order valence-corrected chi connectivity index (χ3v) is 7.75. The van der Waals surface area contributed by atoms with Gasteiger partial charge in [-0.05, 0) is 72.3 Å². The first-order valence-corrected chi connectivity index (χ1v) is 8.87. The van der Waals surface area contributed by atoms with Gasteiger partial charge in [0.2, 0.25) is 0 Å². The summed E-state index contributed by atoms with van der Waals surface area (Å²) in [5.41, 5.74) is 1.64. The first-order chi connectivity index (χ1) is 10.5. The second-order valence-corrected chi connectivity index (χ2v) is 8.50. The predicted molar refractivity (Wildman–Crippen MR) is 86.2 cm³/mol. The zero-order chi connectivity index (χ0) is 15.5. The fraction of sp³-hybridized carbons (Fsp3) is 0.700. The Bertz CT molecular complexity index is 587. The van der Waals surface area contributed by atoms with Crippen molar-refractivity contribution in [2.24, 2.45) is 34.5 Å². The van der Waals surface area contributed by atoms with Crippen LogP contribution in [-0.2, 0) is 9.59 Å². The molecule has 118 valence electrons. The van der Waals surface area contributed by atoms with Crippen LogP contribution in [-0.4, -0.2) is 12.1 Å². The third-order valence-electron chi connectivity index (χ3n) is 7.75. The van der Waals surface area contributed by atoms with Gasteiger partial charge in [-0.3, -0.25) is 4.79 Å². The van der Waals surface area contributed by atoms with Gasteiger partial charge in [0.25, 0.3) is 0 Å². The number of allylic oxidation sites excluding steroid dienone is 4. The Morgan fingerprint density at radius 3 is 2.73 bits per heavy atom. The highest BCUT2D eigenvalue weighted by Gasteiger charge is 2.57. The normalized spacial score (nSPS) is 49.9. The fourth-order valence-corrected chi connectivity index (χ4v) is 6.26. The topological polar surface area (TPSA) is 34.1 Å². The van der Waals surface area contributed by atoms with Gasteiger partial charge in [-0.2, -0.15) is 0 Å². The average Bonchev–Trinajstić information content (AvgIpc) is 2.84. The van der Waals surface area contributed by atoms with E-state index in [9.17, 15) is 9.59 Å². The molecule has 0 heterocycles. The van der Waals surface area contributed by atoms with Crippen LogP contribution in [0.4, 0.5) is 0 Å². The molecule has 2 fully saturated rings. The predicted octanol–water partition coefficient (Wildman–Crippen LogP) is 4.11. The van der Waals surface area contributed by atoms with E-state index in [1.165, 1.54) is 31.1 Å². The quantitative estimate of drug-likeness (QED) is 0.683. The molecule has 0 aromatic heterocycles. The first kappa shape index (κ1) is 14.4. The van der Waals surface area contributed by atoms with Crippen LogP contribution in [0.15, 0.2) is 23.8 Å². The summed E-state index contributed by atoms with van der Waals surface area (Å²) in [6, 6.07) is 0. The zero-order valence-electron chi connectivity index (χ0n) is 13.7. The van der Waals surface area contributed by atoms with Crippen LogP contribution in [0.3, 0.4) is 0 Å². The first-order valence-electron chi connectivity index (χ1n) is 8.87. The third kappa shape index (κ3) is 1.73. The molecule has 0 N–H and O–H groups in total. The summed E-state index contributed by atoms with van der Waals surface area (Å²) in [6.07, 6.45) is 14.1. The van der Waals surface area contributed by atoms with Crippen molar-refractivity contribution in [3.63, 3.8) is 0 Å². The lowest BCUT2D eigenvalue weighted by Gasteiger charge is -2.55. The molecule has 0 aromatic carbocycles. The van der Waals surface area contributed by atoms with E-state index in [1.54, 1.807) is 0 Å². The lowest BCUT2D eigenvalue weighted by Crippen LogP contribution is -2.49. The Kier molecular flexibility index (Phi) is 3.05. The van der Waals surface area contributed by atoms with Crippen LogP contribution >= 0.6 is 0 Å². The number of carbonyl (C=O) groups excluding carboxylic acids is 2. The standard InChI is InChI=1S/C20H26O2/c1-19-9-7-15(22)11-13(19)3-5-16-17-6-4-14(12-21)20(17,2)10-8-18(16)19/h3,5,11-12,14,16-18H,4,6-10H2,1-2H3/t14-,16+,17+,18+,19+,20-/m1/s1. The number of hydrogen-bond acceptors (Lipinski definition) is 2. The molecule has 4 aliphatic carbocycles. The summed E-state index contributed by atoms with van der Waals surface area (Å²) in [5, 5.41) is 0. The molecular weight excluding hydrogens is 272 g/mol. The fourth-order valence-electron chi connectivity index (χ4n) is 6.26. The van der Waals surface area contributed by atoms with Crippen LogP contribution in [0, 0.1) is 34.5 Å². The van der Waals surface area contributed by atoms with E-state index in [0.29, 0.717) is 24.2 Å². The van der Waals surface area contributed by atoms with E-state index in [-0.39, 0.29) is 22.5 Å². The Hall–Kier alpha value is -1.18. The van der Waals surface area contributed by atoms with Crippen molar-refractivity contribution in [3.05, 3.63) is 23.8 Å². The molecule has 0 bridgehead atoms. The molecule has 0 unspecified atom stereocenters. The highest BCUT2D eigenvalue weighted by Crippen LogP contribution is 2.64. The minimum absolute atomic E-state index is 0.175. The van der Waals surface area contributed by atoms with E-state index >= 15 is 0 Å². The van der Waals surface area contributed by atoms with Gasteiger partial charge in [-0.25, -0.2) is 0 Å². The van der Waals surface area contributed by atoms with Crippen LogP contribution in [0.2, 0.25) is 0 Å². The number of aldehydes is 1. The molecule has 0 aliphatic heterocycles. The van der Waals surface area contributed by atoms with Gasteiger partial charge in [0.1, 0.15) is 6.29 Å². The van der Waals surface area contributed by atoms with Gasteiger partial charge in [0, 0.05) is 12.3 Å². The number of hydrogen-bond donors (Lipinski definition) is 0. The zero-order valence-corrected chi connectivity index (χ0v) is 13.7. The minimum atomic E-state index is 0.175. The van der Waals surface area contributed by atoms with Crippen molar-refractivity contribution >= 4 is 12.1 Å². The Balaban J connectivity index is 1.74. The molecule has 6 atom stereocenters. The van der Waals surface area contributed by atoms with Crippen LogP contribution in [0.5, 0.6) is 0 Å². The van der Waals surface area contributed by atoms with E-state index in [2.05, 4.69) is 26.0 Å². The Morgan fingerprint density at radius 1 is 1.14 bits per heavy atom. The molecule has 0 radical (unpaired) electrons. The molecule has 0 amide bonds. The van der Waals surface area contributed by atoms with Crippen molar-refractivity contribution in [3.8, 4) is 0 Å². The van der Waals surface area contributed by atoms with Gasteiger partial charge in [0.15, 0.2) is 5.78 Å². The maximum absolute atomic E-state index is 11.8. The number of rotatable bonds is 1. The van der Waals surface area contributed by atoms with Gasteiger partial charge in [-0.1, -0.05) is 26.0 Å². The van der Waals surface area contributed by atoms with Crippen molar-refractivity contribution in [2.75, 3.05) is 0 Å². The maximum atomic E-state index is 11.8. The summed E-state index contributed by atoms with van der Waals surface area (Å²) in [5.74, 6) is 2.44. The van der Waals surface area contributed by atoms with Crippen LogP contribution in [0.1, 0.15) is 52.4 Å². The van der Waals surface area contributed by atoms with Crippen LogP contribution in [0.25, 0.3) is 0 Å². The van der Waals surface area contributed by atoms with Gasteiger partial charge in [-0.15, -0.1) is 0 Å². The summed E-state index contributed by atoms with van der Waals surface area (Å²) in [7, 11) is 0. The van der Waals surface area contributed by atoms with Crippen molar-refractivity contribution in [1.82, 2.24) is 0 Å². The van der Waals surface area contributed by atoms with Gasteiger partial charge < -0.3 is 4.79 Å². The molecular formula is C20H26O2.